The Morgan fingerprint density at radius 2 is 1.84 bits per heavy atom. The molecular formula is C23H18N8S. The van der Waals surface area contributed by atoms with Gasteiger partial charge in [0.2, 0.25) is 5.95 Å². The average molecular weight is 439 g/mol. The van der Waals surface area contributed by atoms with Crippen LogP contribution < -0.4 is 16.0 Å². The maximum absolute atomic E-state index is 9.76. The Labute approximate surface area is 189 Å². The molecular weight excluding hydrogens is 420 g/mol. The SMILES string of the molecule is N#C/C(=C1/NC(c2ccccc2)=CS1)c1ccnc(NCCNc2ccc(C#N)cn2)n1. The molecule has 3 aromatic rings. The van der Waals surface area contributed by atoms with E-state index >= 15 is 0 Å². The van der Waals surface area contributed by atoms with E-state index < -0.39 is 0 Å². The Hall–Kier alpha value is -4.34. The number of thioether (sulfide) groups is 1. The number of nitriles is 2. The van der Waals surface area contributed by atoms with E-state index in [9.17, 15) is 5.26 Å². The molecule has 0 saturated carbocycles. The zero-order valence-corrected chi connectivity index (χ0v) is 17.7. The van der Waals surface area contributed by atoms with Crippen LogP contribution in [0.4, 0.5) is 11.8 Å². The molecule has 0 atom stereocenters. The van der Waals surface area contributed by atoms with Crippen LogP contribution in [0.2, 0.25) is 0 Å². The largest absolute Gasteiger partial charge is 0.368 e. The van der Waals surface area contributed by atoms with E-state index in [0.717, 1.165) is 16.3 Å². The quantitative estimate of drug-likeness (QED) is 0.373. The van der Waals surface area contributed by atoms with Gasteiger partial charge in [-0.05, 0) is 23.8 Å². The summed E-state index contributed by atoms with van der Waals surface area (Å²) in [6.45, 7) is 1.14. The molecule has 32 heavy (non-hydrogen) atoms. The van der Waals surface area contributed by atoms with Crippen molar-refractivity contribution in [1.29, 1.82) is 10.5 Å². The van der Waals surface area contributed by atoms with Gasteiger partial charge in [0.1, 0.15) is 23.5 Å². The number of pyridine rings is 1. The second kappa shape index (κ2) is 10.1. The minimum atomic E-state index is 0.435. The molecule has 0 bridgehead atoms. The number of benzene rings is 1. The highest BCUT2D eigenvalue weighted by molar-refractivity contribution is 8.06. The molecule has 1 aromatic carbocycles. The van der Waals surface area contributed by atoms with Gasteiger partial charge in [0.25, 0.3) is 0 Å². The van der Waals surface area contributed by atoms with Gasteiger partial charge in [-0.3, -0.25) is 0 Å². The van der Waals surface area contributed by atoms with Crippen LogP contribution in [0.5, 0.6) is 0 Å². The van der Waals surface area contributed by atoms with Crippen molar-refractivity contribution in [3.05, 3.63) is 88.2 Å². The number of aromatic nitrogens is 3. The van der Waals surface area contributed by atoms with Gasteiger partial charge < -0.3 is 16.0 Å². The van der Waals surface area contributed by atoms with E-state index in [2.05, 4.69) is 37.0 Å². The number of anilines is 2. The molecule has 0 radical (unpaired) electrons. The smallest absolute Gasteiger partial charge is 0.223 e. The fourth-order valence-corrected chi connectivity index (χ4v) is 3.78. The lowest BCUT2D eigenvalue weighted by Gasteiger charge is -2.09. The third-order valence-corrected chi connectivity index (χ3v) is 5.38. The van der Waals surface area contributed by atoms with E-state index in [1.165, 1.54) is 18.0 Å². The summed E-state index contributed by atoms with van der Waals surface area (Å²) >= 11 is 1.47. The molecule has 0 unspecified atom stereocenters. The topological polar surface area (TPSA) is 122 Å². The second-order valence-electron chi connectivity index (χ2n) is 6.62. The molecule has 0 amide bonds. The second-order valence-corrected chi connectivity index (χ2v) is 7.50. The van der Waals surface area contributed by atoms with Gasteiger partial charge in [-0.15, -0.1) is 0 Å². The Morgan fingerprint density at radius 1 is 1.00 bits per heavy atom. The van der Waals surface area contributed by atoms with E-state index in [-0.39, 0.29) is 0 Å². The van der Waals surface area contributed by atoms with Crippen molar-refractivity contribution in [3.63, 3.8) is 0 Å². The first kappa shape index (κ1) is 20.9. The Bertz CT molecular complexity index is 1240. The standard InChI is InChI=1S/C23H18N8S/c24-12-16-6-7-21(29-14-16)26-10-11-28-23-27-9-8-19(31-23)18(13-25)22-30-20(15-32-22)17-4-2-1-3-5-17/h1-9,14-15,30H,10-11H2,(H,26,29)(H,27,28,31)/b22-18+. The van der Waals surface area contributed by atoms with Crippen LogP contribution in [-0.2, 0) is 0 Å². The maximum Gasteiger partial charge on any atom is 0.223 e. The normalized spacial score (nSPS) is 13.9. The summed E-state index contributed by atoms with van der Waals surface area (Å²) < 4.78 is 0. The Balaban J connectivity index is 1.38. The van der Waals surface area contributed by atoms with Crippen molar-refractivity contribution in [1.82, 2.24) is 20.3 Å². The molecule has 8 nitrogen and oxygen atoms in total. The van der Waals surface area contributed by atoms with Crippen LogP contribution in [0.15, 0.2) is 71.4 Å². The lowest BCUT2D eigenvalue weighted by molar-refractivity contribution is 1.01. The summed E-state index contributed by atoms with van der Waals surface area (Å²) in [5, 5.41) is 30.9. The van der Waals surface area contributed by atoms with Gasteiger partial charge >= 0.3 is 0 Å². The molecule has 1 aliphatic rings. The van der Waals surface area contributed by atoms with Gasteiger partial charge in [0, 0.05) is 30.9 Å². The molecule has 9 heteroatoms. The van der Waals surface area contributed by atoms with Gasteiger partial charge in [0.15, 0.2) is 0 Å². The predicted octanol–water partition coefficient (Wildman–Crippen LogP) is 3.79. The van der Waals surface area contributed by atoms with Crippen molar-refractivity contribution in [3.8, 4) is 12.1 Å². The lowest BCUT2D eigenvalue weighted by atomic mass is 10.1. The van der Waals surface area contributed by atoms with Gasteiger partial charge in [0.05, 0.1) is 22.0 Å². The number of nitrogens with one attached hydrogen (secondary N) is 3. The predicted molar refractivity (Wildman–Crippen MR) is 126 cm³/mol. The van der Waals surface area contributed by atoms with Crippen LogP contribution >= 0.6 is 11.8 Å². The first-order chi connectivity index (χ1) is 15.8. The third kappa shape index (κ3) is 5.04. The number of allylic oxidation sites excluding steroid dienone is 1. The summed E-state index contributed by atoms with van der Waals surface area (Å²) in [7, 11) is 0. The first-order valence-electron chi connectivity index (χ1n) is 9.78. The number of hydrogen-bond donors (Lipinski definition) is 3. The molecule has 3 N–H and O–H groups in total. The molecule has 3 heterocycles. The highest BCUT2D eigenvalue weighted by Crippen LogP contribution is 2.34. The van der Waals surface area contributed by atoms with Crippen molar-refractivity contribution < 1.29 is 0 Å². The van der Waals surface area contributed by atoms with E-state index in [0.29, 0.717) is 41.7 Å². The molecule has 2 aromatic heterocycles. The monoisotopic (exact) mass is 438 g/mol. The lowest BCUT2D eigenvalue weighted by Crippen LogP contribution is -2.16. The summed E-state index contributed by atoms with van der Waals surface area (Å²) in [5.74, 6) is 1.12. The number of hydrogen-bond acceptors (Lipinski definition) is 9. The summed E-state index contributed by atoms with van der Waals surface area (Å²) in [4.78, 5) is 12.9. The molecule has 0 saturated heterocycles. The zero-order chi connectivity index (χ0) is 22.2. The highest BCUT2D eigenvalue weighted by atomic mass is 32.2. The van der Waals surface area contributed by atoms with Gasteiger partial charge in [-0.1, -0.05) is 42.1 Å². The Kier molecular flexibility index (Phi) is 6.61. The molecule has 0 spiro atoms. The van der Waals surface area contributed by atoms with E-state index in [1.807, 2.05) is 41.8 Å². The van der Waals surface area contributed by atoms with Crippen LogP contribution in [-0.4, -0.2) is 28.0 Å². The minimum absolute atomic E-state index is 0.435. The Morgan fingerprint density at radius 3 is 2.59 bits per heavy atom. The molecule has 0 fully saturated rings. The fourth-order valence-electron chi connectivity index (χ4n) is 2.92. The zero-order valence-electron chi connectivity index (χ0n) is 16.9. The van der Waals surface area contributed by atoms with Crippen LogP contribution in [0.25, 0.3) is 11.3 Å². The summed E-state index contributed by atoms with van der Waals surface area (Å²) in [5.41, 5.74) is 3.53. The third-order valence-electron chi connectivity index (χ3n) is 4.49. The van der Waals surface area contributed by atoms with Crippen molar-refractivity contribution >= 4 is 34.8 Å². The van der Waals surface area contributed by atoms with Crippen molar-refractivity contribution in [2.24, 2.45) is 0 Å². The van der Waals surface area contributed by atoms with Crippen molar-refractivity contribution in [2.45, 2.75) is 0 Å². The van der Waals surface area contributed by atoms with E-state index in [1.54, 1.807) is 24.4 Å². The molecule has 156 valence electrons. The molecule has 1 aliphatic heterocycles. The van der Waals surface area contributed by atoms with Gasteiger partial charge in [-0.2, -0.15) is 10.5 Å². The average Bonchev–Trinajstić information content (AvgIpc) is 3.33. The maximum atomic E-state index is 9.76. The van der Waals surface area contributed by atoms with E-state index in [4.69, 9.17) is 5.26 Å². The van der Waals surface area contributed by atoms with Crippen molar-refractivity contribution in [2.75, 3.05) is 23.7 Å². The minimum Gasteiger partial charge on any atom is -0.368 e. The highest BCUT2D eigenvalue weighted by Gasteiger charge is 2.18. The van der Waals surface area contributed by atoms with Crippen LogP contribution in [0.3, 0.4) is 0 Å². The fraction of sp³-hybridized carbons (Fsp3) is 0.0870. The summed E-state index contributed by atoms with van der Waals surface area (Å²) in [6, 6.07) is 19.4. The molecule has 0 aliphatic carbocycles. The van der Waals surface area contributed by atoms with Crippen LogP contribution in [0.1, 0.15) is 16.8 Å². The number of rotatable bonds is 7. The number of nitrogens with zero attached hydrogens (tertiary/aromatic N) is 5. The van der Waals surface area contributed by atoms with Gasteiger partial charge in [-0.25, -0.2) is 15.0 Å². The summed E-state index contributed by atoms with van der Waals surface area (Å²) in [6.07, 6.45) is 3.15. The molecule has 4 rings (SSSR count). The first-order valence-corrected chi connectivity index (χ1v) is 10.7. The van der Waals surface area contributed by atoms with Crippen LogP contribution in [0, 0.1) is 22.7 Å².